The van der Waals surface area contributed by atoms with E-state index in [4.69, 9.17) is 21.1 Å². The summed E-state index contributed by atoms with van der Waals surface area (Å²) in [6, 6.07) is 11.6. The van der Waals surface area contributed by atoms with E-state index in [2.05, 4.69) is 15.9 Å². The molecular formula is C17H14BrClO4. The molecule has 4 nitrogen and oxygen atoms in total. The van der Waals surface area contributed by atoms with Crippen LogP contribution in [0, 0.1) is 0 Å². The van der Waals surface area contributed by atoms with Gasteiger partial charge in [-0.25, -0.2) is 4.79 Å². The lowest BCUT2D eigenvalue weighted by molar-refractivity contribution is -0.145. The van der Waals surface area contributed by atoms with Gasteiger partial charge in [-0.15, -0.1) is 0 Å². The van der Waals surface area contributed by atoms with Crippen LogP contribution >= 0.6 is 27.5 Å². The van der Waals surface area contributed by atoms with E-state index in [0.717, 1.165) is 4.47 Å². The molecule has 0 aliphatic heterocycles. The molecule has 0 atom stereocenters. The van der Waals surface area contributed by atoms with Gasteiger partial charge in [0.05, 0.1) is 11.6 Å². The van der Waals surface area contributed by atoms with E-state index >= 15 is 0 Å². The first kappa shape index (κ1) is 17.5. The van der Waals surface area contributed by atoms with Gasteiger partial charge in [0.25, 0.3) is 0 Å². The topological polar surface area (TPSA) is 52.6 Å². The quantitative estimate of drug-likeness (QED) is 0.539. The van der Waals surface area contributed by atoms with Gasteiger partial charge in [-0.1, -0.05) is 27.5 Å². The van der Waals surface area contributed by atoms with Crippen LogP contribution in [-0.2, 0) is 9.53 Å². The Labute approximate surface area is 147 Å². The highest BCUT2D eigenvalue weighted by Gasteiger charge is 2.13. The first-order chi connectivity index (χ1) is 11.0. The maximum Gasteiger partial charge on any atom is 0.344 e. The van der Waals surface area contributed by atoms with Gasteiger partial charge in [0.1, 0.15) is 5.75 Å². The molecule has 0 fully saturated rings. The summed E-state index contributed by atoms with van der Waals surface area (Å²) in [6.07, 6.45) is 0. The summed E-state index contributed by atoms with van der Waals surface area (Å²) in [5, 5.41) is 0.390. The van der Waals surface area contributed by atoms with Crippen molar-refractivity contribution in [3.63, 3.8) is 0 Å². The third-order valence-electron chi connectivity index (χ3n) is 2.95. The zero-order chi connectivity index (χ0) is 16.8. The molecule has 0 aliphatic carbocycles. The molecule has 0 aromatic heterocycles. The maximum absolute atomic E-state index is 12.5. The molecule has 23 heavy (non-hydrogen) atoms. The summed E-state index contributed by atoms with van der Waals surface area (Å²) in [5.41, 5.74) is 0.898. The van der Waals surface area contributed by atoms with E-state index in [0.29, 0.717) is 28.5 Å². The van der Waals surface area contributed by atoms with Gasteiger partial charge in [0.15, 0.2) is 12.4 Å². The van der Waals surface area contributed by atoms with Gasteiger partial charge >= 0.3 is 5.97 Å². The molecule has 0 N–H and O–H groups in total. The molecule has 0 saturated carbocycles. The van der Waals surface area contributed by atoms with Crippen molar-refractivity contribution < 1.29 is 19.1 Å². The molecular weight excluding hydrogens is 384 g/mol. The first-order valence-electron chi connectivity index (χ1n) is 6.89. The van der Waals surface area contributed by atoms with Crippen molar-refractivity contribution >= 4 is 39.3 Å². The molecule has 2 rings (SSSR count). The Bertz CT molecular complexity index is 713. The highest BCUT2D eigenvalue weighted by Crippen LogP contribution is 2.24. The molecule has 0 bridgehead atoms. The highest BCUT2D eigenvalue weighted by molar-refractivity contribution is 9.10. The van der Waals surface area contributed by atoms with Crippen LogP contribution < -0.4 is 4.74 Å². The van der Waals surface area contributed by atoms with Crippen molar-refractivity contribution in [2.24, 2.45) is 0 Å². The van der Waals surface area contributed by atoms with Crippen molar-refractivity contribution in [2.45, 2.75) is 6.92 Å². The standard InChI is InChI=1S/C17H14BrClO4/c1-2-22-16(20)10-23-13-6-3-11(4-7-13)17(21)14-9-12(18)5-8-15(14)19/h3-9H,2,10H2,1H3. The van der Waals surface area contributed by atoms with E-state index in [-0.39, 0.29) is 12.4 Å². The van der Waals surface area contributed by atoms with Gasteiger partial charge in [0, 0.05) is 15.6 Å². The van der Waals surface area contributed by atoms with E-state index in [1.54, 1.807) is 49.4 Å². The number of carbonyl (C=O) groups excluding carboxylic acids is 2. The van der Waals surface area contributed by atoms with E-state index in [9.17, 15) is 9.59 Å². The smallest absolute Gasteiger partial charge is 0.344 e. The molecule has 6 heteroatoms. The average Bonchev–Trinajstić information content (AvgIpc) is 2.55. The summed E-state index contributed by atoms with van der Waals surface area (Å²) >= 11 is 9.39. The van der Waals surface area contributed by atoms with Crippen molar-refractivity contribution in [1.82, 2.24) is 0 Å². The van der Waals surface area contributed by atoms with Crippen molar-refractivity contribution in [3.05, 3.63) is 63.1 Å². The third kappa shape index (κ3) is 4.81. The summed E-state index contributed by atoms with van der Waals surface area (Å²) < 4.78 is 10.8. The first-order valence-corrected chi connectivity index (χ1v) is 8.06. The monoisotopic (exact) mass is 396 g/mol. The predicted octanol–water partition coefficient (Wildman–Crippen LogP) is 4.28. The van der Waals surface area contributed by atoms with Crippen LogP contribution in [0.15, 0.2) is 46.9 Å². The number of halogens is 2. The maximum atomic E-state index is 12.5. The number of hydrogen-bond donors (Lipinski definition) is 0. The number of ketones is 1. The van der Waals surface area contributed by atoms with Gasteiger partial charge in [0.2, 0.25) is 0 Å². The Morgan fingerprint density at radius 2 is 1.83 bits per heavy atom. The van der Waals surface area contributed by atoms with Crippen molar-refractivity contribution in [2.75, 3.05) is 13.2 Å². The van der Waals surface area contributed by atoms with E-state index in [1.165, 1.54) is 0 Å². The lowest BCUT2D eigenvalue weighted by atomic mass is 10.0. The number of benzene rings is 2. The molecule has 0 heterocycles. The summed E-state index contributed by atoms with van der Waals surface area (Å²) in [6.45, 7) is 1.87. The van der Waals surface area contributed by atoms with Crippen molar-refractivity contribution in [3.8, 4) is 5.75 Å². The molecule has 120 valence electrons. The van der Waals surface area contributed by atoms with Gasteiger partial charge in [-0.3, -0.25) is 4.79 Å². The van der Waals surface area contributed by atoms with E-state index in [1.807, 2.05) is 0 Å². The molecule has 0 saturated heterocycles. The number of rotatable bonds is 6. The Hall–Kier alpha value is -1.85. The van der Waals surface area contributed by atoms with Crippen molar-refractivity contribution in [1.29, 1.82) is 0 Å². The van der Waals surface area contributed by atoms with Crippen LogP contribution in [0.25, 0.3) is 0 Å². The molecule has 0 amide bonds. The SMILES string of the molecule is CCOC(=O)COc1ccc(C(=O)c2cc(Br)ccc2Cl)cc1. The molecule has 0 spiro atoms. The fourth-order valence-electron chi connectivity index (χ4n) is 1.87. The van der Waals surface area contributed by atoms with E-state index < -0.39 is 5.97 Å². The van der Waals surface area contributed by atoms with Gasteiger partial charge in [-0.05, 0) is 49.4 Å². The van der Waals surface area contributed by atoms with Gasteiger partial charge < -0.3 is 9.47 Å². The average molecular weight is 398 g/mol. The Morgan fingerprint density at radius 3 is 2.48 bits per heavy atom. The number of carbonyl (C=O) groups is 2. The summed E-state index contributed by atoms with van der Waals surface area (Å²) in [5.74, 6) is -0.142. The lowest BCUT2D eigenvalue weighted by Gasteiger charge is -2.07. The van der Waals surface area contributed by atoms with Crippen LogP contribution in [0.5, 0.6) is 5.75 Å². The second-order valence-electron chi connectivity index (χ2n) is 4.57. The fraction of sp³-hybridized carbons (Fsp3) is 0.176. The minimum Gasteiger partial charge on any atom is -0.482 e. The minimum atomic E-state index is -0.437. The van der Waals surface area contributed by atoms with Crippen LogP contribution in [-0.4, -0.2) is 25.0 Å². The van der Waals surface area contributed by atoms with Crippen LogP contribution in [0.1, 0.15) is 22.8 Å². The Kier molecular flexibility index (Phi) is 6.19. The number of hydrogen-bond acceptors (Lipinski definition) is 4. The van der Waals surface area contributed by atoms with Crippen LogP contribution in [0.3, 0.4) is 0 Å². The number of esters is 1. The molecule has 0 unspecified atom stereocenters. The molecule has 0 radical (unpaired) electrons. The molecule has 2 aromatic carbocycles. The normalized spacial score (nSPS) is 10.2. The lowest BCUT2D eigenvalue weighted by Crippen LogP contribution is -2.14. The second kappa shape index (κ2) is 8.13. The molecule has 2 aromatic rings. The number of ether oxygens (including phenoxy) is 2. The van der Waals surface area contributed by atoms with Crippen LogP contribution in [0.4, 0.5) is 0 Å². The summed E-state index contributed by atoms with van der Waals surface area (Å²) in [4.78, 5) is 23.7. The minimum absolute atomic E-state index is 0.168. The zero-order valence-electron chi connectivity index (χ0n) is 12.3. The predicted molar refractivity (Wildman–Crippen MR) is 91.2 cm³/mol. The van der Waals surface area contributed by atoms with Crippen LogP contribution in [0.2, 0.25) is 5.02 Å². The zero-order valence-corrected chi connectivity index (χ0v) is 14.7. The van der Waals surface area contributed by atoms with Gasteiger partial charge in [-0.2, -0.15) is 0 Å². The molecule has 0 aliphatic rings. The Morgan fingerprint density at radius 1 is 1.13 bits per heavy atom. The second-order valence-corrected chi connectivity index (χ2v) is 5.89. The highest BCUT2D eigenvalue weighted by atomic mass is 79.9. The summed E-state index contributed by atoms with van der Waals surface area (Å²) in [7, 11) is 0. The third-order valence-corrected chi connectivity index (χ3v) is 3.77. The Balaban J connectivity index is 2.08. The largest absolute Gasteiger partial charge is 0.482 e. The fourth-order valence-corrected chi connectivity index (χ4v) is 2.44.